The Hall–Kier alpha value is -2.94. The molecule has 0 saturated heterocycles. The minimum Gasteiger partial charge on any atom is -0.497 e. The van der Waals surface area contributed by atoms with Crippen molar-refractivity contribution in [1.29, 1.82) is 0 Å². The highest BCUT2D eigenvalue weighted by Crippen LogP contribution is 2.36. The number of ether oxygens (including phenoxy) is 1. The molecule has 6 nitrogen and oxygen atoms in total. The third-order valence-corrected chi connectivity index (χ3v) is 6.93. The molecule has 0 N–H and O–H groups in total. The summed E-state index contributed by atoms with van der Waals surface area (Å²) in [6.07, 6.45) is 1.71. The third kappa shape index (κ3) is 3.78. The van der Waals surface area contributed by atoms with Crippen LogP contribution in [0, 0.1) is 0 Å². The first-order valence-corrected chi connectivity index (χ1v) is 11.6. The number of thioether (sulfide) groups is 1. The lowest BCUT2D eigenvalue weighted by Gasteiger charge is -2.04. The standard InChI is InChI=1S/C22H15ClN4O2S2/c1-29-16-8-4-14(5-9-16)18(28)11-31-22-26-25-20-19-17(13-2-6-15(23)7-3-13)10-30-21(19)24-12-27(20)22/h2-10,12H,11H2,1H3. The van der Waals surface area contributed by atoms with Gasteiger partial charge in [-0.25, -0.2) is 4.98 Å². The van der Waals surface area contributed by atoms with Crippen LogP contribution in [0.25, 0.3) is 27.0 Å². The number of thiophene rings is 1. The van der Waals surface area contributed by atoms with Gasteiger partial charge in [0, 0.05) is 21.5 Å². The zero-order valence-corrected chi connectivity index (χ0v) is 18.7. The van der Waals surface area contributed by atoms with E-state index >= 15 is 0 Å². The van der Waals surface area contributed by atoms with E-state index in [1.807, 2.05) is 28.7 Å². The van der Waals surface area contributed by atoms with E-state index in [0.29, 0.717) is 15.7 Å². The number of aromatic nitrogens is 4. The SMILES string of the molecule is COc1ccc(C(=O)CSc2nnc3c4c(-c5ccc(Cl)cc5)csc4ncn23)cc1. The molecule has 0 saturated carbocycles. The Morgan fingerprint density at radius 2 is 1.90 bits per heavy atom. The molecule has 2 aromatic carbocycles. The number of carbonyl (C=O) groups is 1. The fraction of sp³-hybridized carbons (Fsp3) is 0.0909. The smallest absolute Gasteiger partial charge is 0.197 e. The fourth-order valence-corrected chi connectivity index (χ4v) is 5.09. The molecule has 9 heteroatoms. The maximum absolute atomic E-state index is 12.6. The average Bonchev–Trinajstić information content (AvgIpc) is 3.42. The minimum atomic E-state index is 0.0100. The van der Waals surface area contributed by atoms with Crippen LogP contribution in [0.4, 0.5) is 0 Å². The van der Waals surface area contributed by atoms with Crippen LogP contribution in [-0.4, -0.2) is 38.2 Å². The lowest BCUT2D eigenvalue weighted by atomic mass is 10.1. The quantitative estimate of drug-likeness (QED) is 0.238. The van der Waals surface area contributed by atoms with Gasteiger partial charge in [-0.2, -0.15) is 0 Å². The minimum absolute atomic E-state index is 0.0100. The Bertz CT molecular complexity index is 1400. The second kappa shape index (κ2) is 8.30. The summed E-state index contributed by atoms with van der Waals surface area (Å²) in [6, 6.07) is 14.8. The van der Waals surface area contributed by atoms with Crippen molar-refractivity contribution >= 4 is 56.3 Å². The van der Waals surface area contributed by atoms with Gasteiger partial charge in [0.2, 0.25) is 0 Å². The third-order valence-electron chi connectivity index (χ3n) is 4.85. The lowest BCUT2D eigenvalue weighted by molar-refractivity contribution is 0.102. The Morgan fingerprint density at radius 1 is 1.13 bits per heavy atom. The highest BCUT2D eigenvalue weighted by atomic mass is 35.5. The average molecular weight is 467 g/mol. The van der Waals surface area contributed by atoms with Crippen LogP contribution in [0.1, 0.15) is 10.4 Å². The van der Waals surface area contributed by atoms with Crippen molar-refractivity contribution in [3.8, 4) is 16.9 Å². The van der Waals surface area contributed by atoms with E-state index in [1.54, 1.807) is 49.0 Å². The summed E-state index contributed by atoms with van der Waals surface area (Å²) in [5.74, 6) is 0.976. The number of fused-ring (bicyclic) bond motifs is 3. The van der Waals surface area contributed by atoms with Gasteiger partial charge < -0.3 is 4.74 Å². The number of rotatable bonds is 6. The Balaban J connectivity index is 1.45. The predicted octanol–water partition coefficient (Wildman–Crippen LogP) is 5.64. The van der Waals surface area contributed by atoms with E-state index in [1.165, 1.54) is 11.8 Å². The molecule has 154 valence electrons. The van der Waals surface area contributed by atoms with E-state index < -0.39 is 0 Å². The number of nitrogens with zero attached hydrogens (tertiary/aromatic N) is 4. The Labute approximate surface area is 190 Å². The Kier molecular flexibility index (Phi) is 5.35. The number of Topliss-reactive ketones (excluding diaryl/α,β-unsaturated/α-hetero) is 1. The van der Waals surface area contributed by atoms with Crippen molar-refractivity contribution in [3.63, 3.8) is 0 Å². The van der Waals surface area contributed by atoms with Crippen LogP contribution in [-0.2, 0) is 0 Å². The second-order valence-corrected chi connectivity index (χ2v) is 8.93. The van der Waals surface area contributed by atoms with E-state index in [9.17, 15) is 4.79 Å². The van der Waals surface area contributed by atoms with Crippen LogP contribution < -0.4 is 4.74 Å². The summed E-state index contributed by atoms with van der Waals surface area (Å²) >= 11 is 8.93. The highest BCUT2D eigenvalue weighted by Gasteiger charge is 2.17. The van der Waals surface area contributed by atoms with E-state index in [0.717, 1.165) is 32.7 Å². The van der Waals surface area contributed by atoms with Crippen LogP contribution in [0.5, 0.6) is 5.75 Å². The van der Waals surface area contributed by atoms with E-state index in [4.69, 9.17) is 16.3 Å². The van der Waals surface area contributed by atoms with Crippen LogP contribution in [0.15, 0.2) is 65.4 Å². The molecule has 0 atom stereocenters. The molecule has 0 spiro atoms. The number of methoxy groups -OCH3 is 1. The first-order valence-electron chi connectivity index (χ1n) is 9.31. The van der Waals surface area contributed by atoms with Crippen molar-refractivity contribution in [2.45, 2.75) is 5.16 Å². The summed E-state index contributed by atoms with van der Waals surface area (Å²) in [5.41, 5.74) is 3.42. The van der Waals surface area contributed by atoms with Gasteiger partial charge >= 0.3 is 0 Å². The second-order valence-electron chi connectivity index (χ2n) is 6.70. The molecule has 0 radical (unpaired) electrons. The molecule has 0 aliphatic carbocycles. The number of halogens is 1. The molecule has 3 heterocycles. The van der Waals surface area contributed by atoms with Gasteiger partial charge in [-0.1, -0.05) is 35.5 Å². The maximum atomic E-state index is 12.6. The topological polar surface area (TPSA) is 69.4 Å². The predicted molar refractivity (Wildman–Crippen MR) is 125 cm³/mol. The molecule has 3 aromatic heterocycles. The van der Waals surface area contributed by atoms with Crippen molar-refractivity contribution in [3.05, 3.63) is 70.8 Å². The largest absolute Gasteiger partial charge is 0.497 e. The van der Waals surface area contributed by atoms with Gasteiger partial charge in [0.25, 0.3) is 0 Å². The number of hydrogen-bond donors (Lipinski definition) is 0. The summed E-state index contributed by atoms with van der Waals surface area (Å²) < 4.78 is 6.97. The zero-order valence-electron chi connectivity index (χ0n) is 16.3. The number of ketones is 1. The normalized spacial score (nSPS) is 11.3. The van der Waals surface area contributed by atoms with Crippen molar-refractivity contribution in [2.75, 3.05) is 12.9 Å². The molecule has 0 aliphatic heterocycles. The molecule has 0 fully saturated rings. The first kappa shape index (κ1) is 20.0. The van der Waals surface area contributed by atoms with Gasteiger partial charge in [-0.05, 0) is 42.0 Å². The molecule has 0 amide bonds. The van der Waals surface area contributed by atoms with Gasteiger partial charge in [-0.15, -0.1) is 21.5 Å². The number of carbonyl (C=O) groups excluding carboxylic acids is 1. The van der Waals surface area contributed by atoms with Crippen molar-refractivity contribution < 1.29 is 9.53 Å². The van der Waals surface area contributed by atoms with Crippen molar-refractivity contribution in [1.82, 2.24) is 19.6 Å². The highest BCUT2D eigenvalue weighted by molar-refractivity contribution is 7.99. The van der Waals surface area contributed by atoms with Crippen LogP contribution >= 0.6 is 34.7 Å². The fourth-order valence-electron chi connectivity index (χ4n) is 3.25. The first-order chi connectivity index (χ1) is 15.1. The molecule has 5 rings (SSSR count). The number of benzene rings is 2. The monoisotopic (exact) mass is 466 g/mol. The molecule has 0 bridgehead atoms. The molecular weight excluding hydrogens is 452 g/mol. The molecule has 0 aliphatic rings. The zero-order chi connectivity index (χ0) is 21.4. The molecule has 0 unspecified atom stereocenters. The molecular formula is C22H15ClN4O2S2. The summed E-state index contributed by atoms with van der Waals surface area (Å²) in [5, 5.41) is 13.0. The van der Waals surface area contributed by atoms with E-state index in [2.05, 4.69) is 20.6 Å². The Morgan fingerprint density at radius 3 is 2.65 bits per heavy atom. The van der Waals surface area contributed by atoms with Gasteiger partial charge in [-0.3, -0.25) is 9.20 Å². The summed E-state index contributed by atoms with van der Waals surface area (Å²) in [6.45, 7) is 0. The lowest BCUT2D eigenvalue weighted by Crippen LogP contribution is -2.03. The molecule has 31 heavy (non-hydrogen) atoms. The summed E-state index contributed by atoms with van der Waals surface area (Å²) in [4.78, 5) is 18.0. The van der Waals surface area contributed by atoms with Crippen molar-refractivity contribution in [2.24, 2.45) is 0 Å². The maximum Gasteiger partial charge on any atom is 0.197 e. The van der Waals surface area contributed by atoms with E-state index in [-0.39, 0.29) is 11.5 Å². The van der Waals surface area contributed by atoms with Gasteiger partial charge in [0.15, 0.2) is 16.6 Å². The molecule has 5 aromatic rings. The van der Waals surface area contributed by atoms with Crippen LogP contribution in [0.3, 0.4) is 0 Å². The summed E-state index contributed by atoms with van der Waals surface area (Å²) in [7, 11) is 1.60. The van der Waals surface area contributed by atoms with Gasteiger partial charge in [0.1, 0.15) is 16.9 Å². The van der Waals surface area contributed by atoms with Crippen LogP contribution in [0.2, 0.25) is 5.02 Å². The number of hydrogen-bond acceptors (Lipinski definition) is 7. The van der Waals surface area contributed by atoms with Gasteiger partial charge in [0.05, 0.1) is 18.2 Å².